The van der Waals surface area contributed by atoms with E-state index < -0.39 is 6.36 Å². The molecule has 0 aliphatic rings. The standard InChI is InChI=1S/C10H8BrClF3NO2/c11-7-5-6(16-9(17)3-4-12)1-2-8(7)18-10(13,14)15/h1-2,5H,3-4H2,(H,16,17). The lowest BCUT2D eigenvalue weighted by molar-refractivity contribution is -0.274. The number of rotatable bonds is 4. The van der Waals surface area contributed by atoms with Crippen LogP contribution in [0.2, 0.25) is 0 Å². The molecule has 0 saturated heterocycles. The van der Waals surface area contributed by atoms with Crippen LogP contribution in [0.3, 0.4) is 0 Å². The number of hydrogen-bond acceptors (Lipinski definition) is 2. The van der Waals surface area contributed by atoms with Crippen molar-refractivity contribution in [2.24, 2.45) is 0 Å². The second kappa shape index (κ2) is 6.29. The predicted molar refractivity (Wildman–Crippen MR) is 64.8 cm³/mol. The molecule has 3 nitrogen and oxygen atoms in total. The van der Waals surface area contributed by atoms with Gasteiger partial charge in [-0.25, -0.2) is 0 Å². The van der Waals surface area contributed by atoms with E-state index in [2.05, 4.69) is 26.0 Å². The molecule has 8 heteroatoms. The number of hydrogen-bond donors (Lipinski definition) is 1. The summed E-state index contributed by atoms with van der Waals surface area (Å²) in [4.78, 5) is 11.2. The van der Waals surface area contributed by atoms with Crippen LogP contribution in [0.4, 0.5) is 18.9 Å². The zero-order chi connectivity index (χ0) is 13.8. The number of carbonyl (C=O) groups excluding carboxylic acids is 1. The van der Waals surface area contributed by atoms with Crippen molar-refractivity contribution in [1.82, 2.24) is 0 Å². The number of ether oxygens (including phenoxy) is 1. The lowest BCUT2D eigenvalue weighted by Crippen LogP contribution is -2.17. The van der Waals surface area contributed by atoms with Crippen molar-refractivity contribution in [3.63, 3.8) is 0 Å². The average Bonchev–Trinajstić information content (AvgIpc) is 2.21. The molecule has 0 spiro atoms. The summed E-state index contributed by atoms with van der Waals surface area (Å²) in [6.45, 7) is 0. The minimum Gasteiger partial charge on any atom is -0.405 e. The number of halogens is 5. The highest BCUT2D eigenvalue weighted by molar-refractivity contribution is 9.10. The summed E-state index contributed by atoms with van der Waals surface area (Å²) >= 11 is 8.30. The molecule has 1 amide bonds. The smallest absolute Gasteiger partial charge is 0.405 e. The molecule has 0 fully saturated rings. The van der Waals surface area contributed by atoms with E-state index >= 15 is 0 Å². The van der Waals surface area contributed by atoms with E-state index in [1.165, 1.54) is 12.1 Å². The fourth-order valence-electron chi connectivity index (χ4n) is 1.10. The van der Waals surface area contributed by atoms with E-state index in [1.54, 1.807) is 0 Å². The minimum absolute atomic E-state index is 0.0866. The van der Waals surface area contributed by atoms with Gasteiger partial charge in [-0.3, -0.25) is 4.79 Å². The van der Waals surface area contributed by atoms with Gasteiger partial charge in [0, 0.05) is 18.0 Å². The summed E-state index contributed by atoms with van der Waals surface area (Å²) < 4.78 is 39.9. The van der Waals surface area contributed by atoms with Gasteiger partial charge in [-0.15, -0.1) is 24.8 Å². The first-order valence-electron chi connectivity index (χ1n) is 4.73. The van der Waals surface area contributed by atoms with E-state index in [9.17, 15) is 18.0 Å². The van der Waals surface area contributed by atoms with Gasteiger partial charge in [0.05, 0.1) is 4.47 Å². The zero-order valence-electron chi connectivity index (χ0n) is 8.85. The van der Waals surface area contributed by atoms with Crippen LogP contribution in [-0.4, -0.2) is 18.1 Å². The third kappa shape index (κ3) is 5.14. The fourth-order valence-corrected chi connectivity index (χ4v) is 1.73. The van der Waals surface area contributed by atoms with Crippen molar-refractivity contribution in [2.75, 3.05) is 11.2 Å². The molecule has 1 N–H and O–H groups in total. The lowest BCUT2D eigenvalue weighted by atomic mass is 10.3. The first-order valence-corrected chi connectivity index (χ1v) is 6.05. The van der Waals surface area contributed by atoms with Gasteiger partial charge in [-0.05, 0) is 34.1 Å². The summed E-state index contributed by atoms with van der Waals surface area (Å²) in [7, 11) is 0. The summed E-state index contributed by atoms with van der Waals surface area (Å²) in [6.07, 6.45) is -4.63. The van der Waals surface area contributed by atoms with Crippen LogP contribution in [0.25, 0.3) is 0 Å². The third-order valence-corrected chi connectivity index (χ3v) is 2.57. The first kappa shape index (κ1) is 15.1. The Morgan fingerprint density at radius 1 is 1.44 bits per heavy atom. The number of amides is 1. The Morgan fingerprint density at radius 2 is 2.11 bits per heavy atom. The highest BCUT2D eigenvalue weighted by Gasteiger charge is 2.31. The minimum atomic E-state index is -4.76. The Bertz CT molecular complexity index is 440. The monoisotopic (exact) mass is 345 g/mol. The topological polar surface area (TPSA) is 38.3 Å². The van der Waals surface area contributed by atoms with E-state index in [0.717, 1.165) is 6.07 Å². The molecule has 1 aromatic rings. The van der Waals surface area contributed by atoms with Crippen LogP contribution in [0.5, 0.6) is 5.75 Å². The Morgan fingerprint density at radius 3 is 2.61 bits per heavy atom. The summed E-state index contributed by atoms with van der Waals surface area (Å²) in [5.41, 5.74) is 0.353. The zero-order valence-corrected chi connectivity index (χ0v) is 11.2. The van der Waals surface area contributed by atoms with Gasteiger partial charge in [0.1, 0.15) is 5.75 Å². The van der Waals surface area contributed by atoms with Gasteiger partial charge in [0.2, 0.25) is 5.91 Å². The Hall–Kier alpha value is -0.950. The molecule has 100 valence electrons. The number of anilines is 1. The van der Waals surface area contributed by atoms with Gasteiger partial charge >= 0.3 is 6.36 Å². The molecule has 0 aromatic heterocycles. The Balaban J connectivity index is 2.76. The van der Waals surface area contributed by atoms with Gasteiger partial charge < -0.3 is 10.1 Å². The summed E-state index contributed by atoms with van der Waals surface area (Å²) in [6, 6.07) is 3.72. The van der Waals surface area contributed by atoms with Crippen LogP contribution in [0, 0.1) is 0 Å². The van der Waals surface area contributed by atoms with Gasteiger partial charge in [-0.1, -0.05) is 0 Å². The molecule has 1 rings (SSSR count). The van der Waals surface area contributed by atoms with Crippen molar-refractivity contribution >= 4 is 39.1 Å². The molecular formula is C10H8BrClF3NO2. The second-order valence-electron chi connectivity index (χ2n) is 3.18. The van der Waals surface area contributed by atoms with Crippen LogP contribution in [0.15, 0.2) is 22.7 Å². The van der Waals surface area contributed by atoms with Crippen molar-refractivity contribution in [3.05, 3.63) is 22.7 Å². The number of carbonyl (C=O) groups is 1. The third-order valence-electron chi connectivity index (χ3n) is 1.76. The quantitative estimate of drug-likeness (QED) is 0.839. The molecule has 0 aliphatic heterocycles. The molecule has 1 aromatic carbocycles. The molecule has 0 bridgehead atoms. The van der Waals surface area contributed by atoms with Crippen LogP contribution < -0.4 is 10.1 Å². The highest BCUT2D eigenvalue weighted by atomic mass is 79.9. The van der Waals surface area contributed by atoms with Gasteiger partial charge in [-0.2, -0.15) is 0 Å². The fraction of sp³-hybridized carbons (Fsp3) is 0.300. The normalized spacial score (nSPS) is 11.2. The maximum absolute atomic E-state index is 12.0. The van der Waals surface area contributed by atoms with Crippen molar-refractivity contribution < 1.29 is 22.7 Å². The Kier molecular flexibility index (Phi) is 5.28. The SMILES string of the molecule is O=C(CCCl)Nc1ccc(OC(F)(F)F)c(Br)c1. The van der Waals surface area contributed by atoms with Gasteiger partial charge in [0.25, 0.3) is 0 Å². The number of benzene rings is 1. The number of alkyl halides is 4. The van der Waals surface area contributed by atoms with Crippen molar-refractivity contribution in [1.29, 1.82) is 0 Å². The molecule has 0 atom stereocenters. The summed E-state index contributed by atoms with van der Waals surface area (Å²) in [5.74, 6) is -0.526. The maximum Gasteiger partial charge on any atom is 0.573 e. The van der Waals surface area contributed by atoms with Crippen LogP contribution in [-0.2, 0) is 4.79 Å². The molecular weight excluding hydrogens is 338 g/mol. The molecule has 0 unspecified atom stereocenters. The molecule has 0 heterocycles. The van der Waals surface area contributed by atoms with E-state index in [-0.39, 0.29) is 28.4 Å². The van der Waals surface area contributed by atoms with E-state index in [0.29, 0.717) is 5.69 Å². The molecule has 18 heavy (non-hydrogen) atoms. The summed E-state index contributed by atoms with van der Waals surface area (Å²) in [5, 5.41) is 2.48. The molecule has 0 radical (unpaired) electrons. The maximum atomic E-state index is 12.0. The van der Waals surface area contributed by atoms with Crippen LogP contribution >= 0.6 is 27.5 Å². The lowest BCUT2D eigenvalue weighted by Gasteiger charge is -2.11. The van der Waals surface area contributed by atoms with Crippen LogP contribution in [0.1, 0.15) is 6.42 Å². The van der Waals surface area contributed by atoms with Crippen molar-refractivity contribution in [2.45, 2.75) is 12.8 Å². The van der Waals surface area contributed by atoms with E-state index in [1.807, 2.05) is 0 Å². The number of nitrogens with one attached hydrogen (secondary N) is 1. The largest absolute Gasteiger partial charge is 0.573 e. The van der Waals surface area contributed by atoms with Gasteiger partial charge in [0.15, 0.2) is 0 Å². The van der Waals surface area contributed by atoms with Crippen molar-refractivity contribution in [3.8, 4) is 5.75 Å². The van der Waals surface area contributed by atoms with E-state index in [4.69, 9.17) is 11.6 Å². The first-order chi connectivity index (χ1) is 8.31. The second-order valence-corrected chi connectivity index (χ2v) is 4.41. The predicted octanol–water partition coefficient (Wildman–Crippen LogP) is 3.92. The molecule has 0 saturated carbocycles. The average molecular weight is 347 g/mol. The molecule has 0 aliphatic carbocycles. The highest BCUT2D eigenvalue weighted by Crippen LogP contribution is 2.32. The Labute approximate surface area is 114 Å².